The van der Waals surface area contributed by atoms with Crippen LogP contribution in [0.15, 0.2) is 36.7 Å². The number of methoxy groups -OCH3 is 1. The fourth-order valence-electron chi connectivity index (χ4n) is 1.84. The van der Waals surface area contributed by atoms with Crippen LogP contribution in [0.5, 0.6) is 5.75 Å². The molecule has 4 nitrogen and oxygen atoms in total. The minimum Gasteiger partial charge on any atom is -0.495 e. The quantitative estimate of drug-likeness (QED) is 0.878. The van der Waals surface area contributed by atoms with Gasteiger partial charge in [-0.1, -0.05) is 26.0 Å². The van der Waals surface area contributed by atoms with Gasteiger partial charge in [-0.05, 0) is 18.1 Å². The van der Waals surface area contributed by atoms with Crippen molar-refractivity contribution in [1.29, 1.82) is 0 Å². The van der Waals surface area contributed by atoms with Gasteiger partial charge in [-0.15, -0.1) is 0 Å². The number of imidazole rings is 1. The fourth-order valence-corrected chi connectivity index (χ4v) is 1.84. The number of hydrogen-bond acceptors (Lipinski definition) is 3. The van der Waals surface area contributed by atoms with Crippen molar-refractivity contribution in [2.24, 2.45) is 5.92 Å². The first-order valence-electron chi connectivity index (χ1n) is 6.12. The van der Waals surface area contributed by atoms with Gasteiger partial charge in [0.05, 0.1) is 12.8 Å². The van der Waals surface area contributed by atoms with E-state index < -0.39 is 0 Å². The van der Waals surface area contributed by atoms with Gasteiger partial charge in [0, 0.05) is 18.9 Å². The average Bonchev–Trinajstić information content (AvgIpc) is 2.76. The van der Waals surface area contributed by atoms with Crippen molar-refractivity contribution >= 4 is 11.6 Å². The monoisotopic (exact) mass is 245 g/mol. The van der Waals surface area contributed by atoms with Gasteiger partial charge >= 0.3 is 0 Å². The molecular formula is C14H19N3O. The van der Waals surface area contributed by atoms with Crippen molar-refractivity contribution in [2.75, 3.05) is 12.4 Å². The standard InChI is InChI=1S/C14H19N3O/c1-11(2)10-17-9-8-15-14(17)16-12-6-4-5-7-13(12)18-3/h4-9,11H,10H2,1-3H3,(H,15,16). The molecule has 0 saturated carbocycles. The van der Waals surface area contributed by atoms with Crippen molar-refractivity contribution in [3.05, 3.63) is 36.7 Å². The summed E-state index contributed by atoms with van der Waals surface area (Å²) in [5, 5.41) is 3.30. The Morgan fingerprint density at radius 1 is 1.33 bits per heavy atom. The average molecular weight is 245 g/mol. The highest BCUT2D eigenvalue weighted by Gasteiger charge is 2.07. The van der Waals surface area contributed by atoms with Gasteiger partial charge in [-0.2, -0.15) is 0 Å². The summed E-state index contributed by atoms with van der Waals surface area (Å²) in [4.78, 5) is 4.34. The minimum absolute atomic E-state index is 0.581. The van der Waals surface area contributed by atoms with E-state index in [0.717, 1.165) is 23.9 Å². The maximum atomic E-state index is 5.32. The molecule has 0 saturated heterocycles. The van der Waals surface area contributed by atoms with Gasteiger partial charge in [0.1, 0.15) is 5.75 Å². The van der Waals surface area contributed by atoms with E-state index >= 15 is 0 Å². The molecule has 0 spiro atoms. The van der Waals surface area contributed by atoms with Gasteiger partial charge in [-0.3, -0.25) is 0 Å². The van der Waals surface area contributed by atoms with Crippen LogP contribution in [-0.2, 0) is 6.54 Å². The Morgan fingerprint density at radius 2 is 2.11 bits per heavy atom. The molecule has 0 unspecified atom stereocenters. The summed E-state index contributed by atoms with van der Waals surface area (Å²) in [5.74, 6) is 2.24. The molecule has 0 bridgehead atoms. The number of anilines is 2. The Hall–Kier alpha value is -1.97. The lowest BCUT2D eigenvalue weighted by Gasteiger charge is -2.13. The number of ether oxygens (including phenoxy) is 1. The van der Waals surface area contributed by atoms with Crippen LogP contribution >= 0.6 is 0 Å². The second kappa shape index (κ2) is 5.58. The molecule has 0 amide bonds. The van der Waals surface area contributed by atoms with E-state index in [9.17, 15) is 0 Å². The van der Waals surface area contributed by atoms with E-state index in [1.165, 1.54) is 0 Å². The number of nitrogens with zero attached hydrogens (tertiary/aromatic N) is 2. The SMILES string of the molecule is COc1ccccc1Nc1nccn1CC(C)C. The Bertz CT molecular complexity index is 505. The van der Waals surface area contributed by atoms with Crippen LogP contribution < -0.4 is 10.1 Å². The molecule has 1 heterocycles. The number of rotatable bonds is 5. The Balaban J connectivity index is 2.21. The van der Waals surface area contributed by atoms with E-state index in [1.54, 1.807) is 13.3 Å². The third kappa shape index (κ3) is 2.83. The maximum Gasteiger partial charge on any atom is 0.207 e. The molecule has 2 rings (SSSR count). The molecule has 0 aliphatic rings. The van der Waals surface area contributed by atoms with E-state index in [1.807, 2.05) is 30.5 Å². The normalized spacial score (nSPS) is 10.7. The first-order chi connectivity index (χ1) is 8.70. The number of benzene rings is 1. The van der Waals surface area contributed by atoms with Gasteiger partial charge in [0.25, 0.3) is 0 Å². The highest BCUT2D eigenvalue weighted by molar-refractivity contribution is 5.62. The molecule has 1 aromatic carbocycles. The molecular weight excluding hydrogens is 226 g/mol. The van der Waals surface area contributed by atoms with Gasteiger partial charge in [0.2, 0.25) is 5.95 Å². The van der Waals surface area contributed by atoms with E-state index in [-0.39, 0.29) is 0 Å². The summed E-state index contributed by atoms with van der Waals surface area (Å²) in [6.07, 6.45) is 3.79. The van der Waals surface area contributed by atoms with E-state index in [2.05, 4.69) is 28.7 Å². The molecule has 1 aromatic heterocycles. The predicted molar refractivity (Wildman–Crippen MR) is 73.3 cm³/mol. The van der Waals surface area contributed by atoms with E-state index in [4.69, 9.17) is 4.74 Å². The van der Waals surface area contributed by atoms with Gasteiger partial charge in [0.15, 0.2) is 0 Å². The van der Waals surface area contributed by atoms with Crippen molar-refractivity contribution < 1.29 is 4.74 Å². The number of aromatic nitrogens is 2. The smallest absolute Gasteiger partial charge is 0.207 e. The second-order valence-electron chi connectivity index (χ2n) is 4.62. The molecule has 0 aliphatic heterocycles. The van der Waals surface area contributed by atoms with E-state index in [0.29, 0.717) is 5.92 Å². The lowest BCUT2D eigenvalue weighted by molar-refractivity contribution is 0.416. The first-order valence-corrected chi connectivity index (χ1v) is 6.12. The summed E-state index contributed by atoms with van der Waals surface area (Å²) < 4.78 is 7.42. The van der Waals surface area contributed by atoms with Crippen molar-refractivity contribution in [2.45, 2.75) is 20.4 Å². The summed E-state index contributed by atoms with van der Waals surface area (Å²) >= 11 is 0. The summed E-state index contributed by atoms with van der Waals surface area (Å²) in [6.45, 7) is 5.32. The largest absolute Gasteiger partial charge is 0.495 e. The van der Waals surface area contributed by atoms with Crippen LogP contribution in [-0.4, -0.2) is 16.7 Å². The Labute approximate surface area is 108 Å². The van der Waals surface area contributed by atoms with Crippen LogP contribution in [0.3, 0.4) is 0 Å². The lowest BCUT2D eigenvalue weighted by Crippen LogP contribution is -2.07. The molecule has 0 atom stereocenters. The fraction of sp³-hybridized carbons (Fsp3) is 0.357. The minimum atomic E-state index is 0.581. The Morgan fingerprint density at radius 3 is 2.83 bits per heavy atom. The van der Waals surface area contributed by atoms with Crippen molar-refractivity contribution in [1.82, 2.24) is 9.55 Å². The summed E-state index contributed by atoms with van der Waals surface area (Å²) in [7, 11) is 1.67. The zero-order valence-electron chi connectivity index (χ0n) is 11.1. The highest BCUT2D eigenvalue weighted by Crippen LogP contribution is 2.26. The molecule has 0 aliphatic carbocycles. The number of nitrogens with one attached hydrogen (secondary N) is 1. The van der Waals surface area contributed by atoms with Crippen molar-refractivity contribution in [3.8, 4) is 5.75 Å². The first kappa shape index (κ1) is 12.5. The van der Waals surface area contributed by atoms with Crippen LogP contribution in [0.2, 0.25) is 0 Å². The Kier molecular flexibility index (Phi) is 3.87. The molecule has 18 heavy (non-hydrogen) atoms. The molecule has 0 fully saturated rings. The number of hydrogen-bond donors (Lipinski definition) is 1. The topological polar surface area (TPSA) is 39.1 Å². The predicted octanol–water partition coefficient (Wildman–Crippen LogP) is 3.29. The third-order valence-corrected chi connectivity index (χ3v) is 2.63. The molecule has 4 heteroatoms. The second-order valence-corrected chi connectivity index (χ2v) is 4.62. The molecule has 0 radical (unpaired) electrons. The zero-order chi connectivity index (χ0) is 13.0. The molecule has 2 aromatic rings. The van der Waals surface area contributed by atoms with Crippen LogP contribution in [0.4, 0.5) is 11.6 Å². The van der Waals surface area contributed by atoms with Gasteiger partial charge < -0.3 is 14.6 Å². The zero-order valence-corrected chi connectivity index (χ0v) is 11.1. The van der Waals surface area contributed by atoms with Crippen LogP contribution in [0.25, 0.3) is 0 Å². The van der Waals surface area contributed by atoms with Gasteiger partial charge in [-0.25, -0.2) is 4.98 Å². The molecule has 96 valence electrons. The maximum absolute atomic E-state index is 5.32. The van der Waals surface area contributed by atoms with Crippen molar-refractivity contribution in [3.63, 3.8) is 0 Å². The third-order valence-electron chi connectivity index (χ3n) is 2.63. The molecule has 1 N–H and O–H groups in total. The summed E-state index contributed by atoms with van der Waals surface area (Å²) in [6, 6.07) is 7.83. The lowest BCUT2D eigenvalue weighted by atomic mass is 10.2. The highest BCUT2D eigenvalue weighted by atomic mass is 16.5. The van der Waals surface area contributed by atoms with Crippen LogP contribution in [0, 0.1) is 5.92 Å². The summed E-state index contributed by atoms with van der Waals surface area (Å²) in [5.41, 5.74) is 0.927. The van der Waals surface area contributed by atoms with Crippen LogP contribution in [0.1, 0.15) is 13.8 Å². The number of para-hydroxylation sites is 2.